The highest BCUT2D eigenvalue weighted by Gasteiger charge is 2.34. The second-order valence-electron chi connectivity index (χ2n) is 5.32. The number of rotatable bonds is 4. The predicted molar refractivity (Wildman–Crippen MR) is 85.2 cm³/mol. The van der Waals surface area contributed by atoms with Crippen LogP contribution in [0, 0.1) is 5.92 Å². The molecular weight excluding hydrogens is 356 g/mol. The topological polar surface area (TPSA) is 106 Å². The minimum absolute atomic E-state index is 0. The molecule has 0 unspecified atom stereocenters. The second kappa shape index (κ2) is 6.51. The molecule has 1 aliphatic heterocycles. The van der Waals surface area contributed by atoms with Crippen LogP contribution in [0.3, 0.4) is 0 Å². The van der Waals surface area contributed by atoms with E-state index in [9.17, 15) is 16.8 Å². The van der Waals surface area contributed by atoms with Gasteiger partial charge in [-0.15, -0.1) is 23.7 Å². The highest BCUT2D eigenvalue weighted by molar-refractivity contribution is 7.95. The summed E-state index contributed by atoms with van der Waals surface area (Å²) in [7, 11) is -7.27. The SMILES string of the molecule is CC(C)CN[C@H]1CCS(=O)(=O)c2sc(S(N)(=O)=O)cc21.Cl. The van der Waals surface area contributed by atoms with E-state index in [0.29, 0.717) is 17.9 Å². The molecule has 2 heterocycles. The molecule has 0 spiro atoms. The minimum atomic E-state index is -3.88. The molecule has 0 radical (unpaired) electrons. The molecule has 3 N–H and O–H groups in total. The van der Waals surface area contributed by atoms with Crippen molar-refractivity contribution in [3.05, 3.63) is 11.6 Å². The number of fused-ring (bicyclic) bond motifs is 1. The van der Waals surface area contributed by atoms with Gasteiger partial charge in [-0.1, -0.05) is 13.8 Å². The summed E-state index contributed by atoms with van der Waals surface area (Å²) in [6, 6.07) is 1.26. The van der Waals surface area contributed by atoms with Crippen molar-refractivity contribution in [2.24, 2.45) is 11.1 Å². The van der Waals surface area contributed by atoms with Crippen molar-refractivity contribution < 1.29 is 16.8 Å². The maximum absolute atomic E-state index is 12.0. The van der Waals surface area contributed by atoms with Gasteiger partial charge in [-0.2, -0.15) is 0 Å². The number of sulfone groups is 1. The molecule has 1 aliphatic rings. The summed E-state index contributed by atoms with van der Waals surface area (Å²) in [4.78, 5) is 0. The van der Waals surface area contributed by atoms with Crippen molar-refractivity contribution in [1.82, 2.24) is 5.32 Å². The number of nitrogens with two attached hydrogens (primary N) is 1. The summed E-state index contributed by atoms with van der Waals surface area (Å²) < 4.78 is 46.9. The zero-order valence-electron chi connectivity index (χ0n) is 11.7. The summed E-state index contributed by atoms with van der Waals surface area (Å²) in [5.41, 5.74) is 0.533. The molecule has 0 fully saturated rings. The summed E-state index contributed by atoms with van der Waals surface area (Å²) in [6.45, 7) is 4.85. The average Bonchev–Trinajstić information content (AvgIpc) is 2.73. The van der Waals surface area contributed by atoms with Crippen molar-refractivity contribution in [3.8, 4) is 0 Å². The van der Waals surface area contributed by atoms with Gasteiger partial charge in [0.2, 0.25) is 10.0 Å². The molecule has 0 aliphatic carbocycles. The Balaban J connectivity index is 0.00000220. The molecule has 2 rings (SSSR count). The van der Waals surface area contributed by atoms with E-state index < -0.39 is 19.9 Å². The molecule has 0 amide bonds. The molecule has 10 heteroatoms. The van der Waals surface area contributed by atoms with E-state index in [1.54, 1.807) is 0 Å². The second-order valence-corrected chi connectivity index (χ2v) is 10.5. The molecule has 6 nitrogen and oxygen atoms in total. The van der Waals surface area contributed by atoms with Crippen LogP contribution in [0.5, 0.6) is 0 Å². The van der Waals surface area contributed by atoms with Gasteiger partial charge >= 0.3 is 0 Å². The van der Waals surface area contributed by atoms with Crippen LogP contribution < -0.4 is 10.5 Å². The molecule has 0 saturated heterocycles. The molecule has 0 aromatic carbocycles. The smallest absolute Gasteiger partial charge is 0.247 e. The number of thiophene rings is 1. The summed E-state index contributed by atoms with van der Waals surface area (Å²) >= 11 is 0.746. The van der Waals surface area contributed by atoms with Crippen LogP contribution in [0.15, 0.2) is 14.5 Å². The number of nitrogens with one attached hydrogen (secondary N) is 1. The Hall–Kier alpha value is -0.190. The van der Waals surface area contributed by atoms with Crippen LogP contribution in [0.2, 0.25) is 0 Å². The minimum Gasteiger partial charge on any atom is -0.310 e. The maximum Gasteiger partial charge on any atom is 0.247 e. The van der Waals surface area contributed by atoms with Gasteiger partial charge in [0.15, 0.2) is 9.84 Å². The molecule has 21 heavy (non-hydrogen) atoms. The first-order valence-corrected chi connectivity index (χ1v) is 10.3. The van der Waals surface area contributed by atoms with Crippen LogP contribution in [0.4, 0.5) is 0 Å². The first-order valence-electron chi connectivity index (χ1n) is 6.24. The van der Waals surface area contributed by atoms with Gasteiger partial charge in [0.05, 0.1) is 5.75 Å². The number of hydrogen-bond acceptors (Lipinski definition) is 6. The lowest BCUT2D eigenvalue weighted by Crippen LogP contribution is -2.30. The van der Waals surface area contributed by atoms with Crippen molar-refractivity contribution in [3.63, 3.8) is 0 Å². The Morgan fingerprint density at radius 3 is 2.62 bits per heavy atom. The predicted octanol–water partition coefficient (Wildman–Crippen LogP) is 1.28. The lowest BCUT2D eigenvalue weighted by molar-refractivity contribution is 0.453. The lowest BCUT2D eigenvalue weighted by atomic mass is 10.1. The zero-order chi connectivity index (χ0) is 15.1. The summed E-state index contributed by atoms with van der Waals surface area (Å²) in [5, 5.41) is 8.38. The molecule has 1 aromatic rings. The van der Waals surface area contributed by atoms with E-state index in [2.05, 4.69) is 19.2 Å². The third kappa shape index (κ3) is 4.17. The van der Waals surface area contributed by atoms with Gasteiger partial charge in [0, 0.05) is 11.6 Å². The monoisotopic (exact) mass is 374 g/mol. The van der Waals surface area contributed by atoms with E-state index >= 15 is 0 Å². The van der Waals surface area contributed by atoms with Gasteiger partial charge in [-0.05, 0) is 24.9 Å². The van der Waals surface area contributed by atoms with E-state index in [-0.39, 0.29) is 32.6 Å². The third-order valence-corrected chi connectivity index (χ3v) is 8.04. The van der Waals surface area contributed by atoms with Crippen LogP contribution in [0.1, 0.15) is 31.9 Å². The van der Waals surface area contributed by atoms with Crippen LogP contribution in [-0.4, -0.2) is 29.1 Å². The number of halogens is 1. The Morgan fingerprint density at radius 2 is 2.10 bits per heavy atom. The molecular formula is C11H19ClN2O4S3. The first kappa shape index (κ1) is 18.9. The van der Waals surface area contributed by atoms with Gasteiger partial charge in [-0.3, -0.25) is 0 Å². The van der Waals surface area contributed by atoms with Gasteiger partial charge in [0.1, 0.15) is 8.42 Å². The fraction of sp³-hybridized carbons (Fsp3) is 0.636. The third-order valence-electron chi connectivity index (χ3n) is 3.09. The first-order chi connectivity index (χ1) is 9.11. The summed E-state index contributed by atoms with van der Waals surface area (Å²) in [6.07, 6.45) is 0.447. The van der Waals surface area contributed by atoms with Crippen molar-refractivity contribution >= 4 is 43.6 Å². The molecule has 122 valence electrons. The van der Waals surface area contributed by atoms with E-state index in [4.69, 9.17) is 5.14 Å². The zero-order valence-corrected chi connectivity index (χ0v) is 15.0. The Morgan fingerprint density at radius 1 is 1.48 bits per heavy atom. The lowest BCUT2D eigenvalue weighted by Gasteiger charge is -2.24. The van der Waals surface area contributed by atoms with Gasteiger partial charge in [0.25, 0.3) is 0 Å². The average molecular weight is 375 g/mol. The Bertz CT molecular complexity index is 710. The standard InChI is InChI=1S/C11H18N2O4S3.ClH/c1-7(2)6-13-9-3-4-19(14,15)11-8(9)5-10(18-11)20(12,16)17;/h5,7,9,13H,3-4,6H2,1-2H3,(H2,12,16,17);1H/t9-;/m0./s1. The number of hydrogen-bond donors (Lipinski definition) is 2. The summed E-state index contributed by atoms with van der Waals surface area (Å²) in [5.74, 6) is 0.452. The van der Waals surface area contributed by atoms with Crippen LogP contribution >= 0.6 is 23.7 Å². The molecule has 0 bridgehead atoms. The quantitative estimate of drug-likeness (QED) is 0.825. The van der Waals surface area contributed by atoms with E-state index in [0.717, 1.165) is 17.9 Å². The maximum atomic E-state index is 12.0. The van der Waals surface area contributed by atoms with Crippen LogP contribution in [-0.2, 0) is 19.9 Å². The Labute approximate surface area is 135 Å². The van der Waals surface area contributed by atoms with Gasteiger partial charge in [-0.25, -0.2) is 22.0 Å². The highest BCUT2D eigenvalue weighted by Crippen LogP contribution is 2.39. The fourth-order valence-electron chi connectivity index (χ4n) is 2.10. The number of primary sulfonamides is 1. The fourth-order valence-corrected chi connectivity index (χ4v) is 6.27. The molecule has 1 atom stereocenters. The van der Waals surface area contributed by atoms with Gasteiger partial charge < -0.3 is 5.32 Å². The molecule has 0 saturated carbocycles. The number of sulfonamides is 1. The van der Waals surface area contributed by atoms with Crippen molar-refractivity contribution in [2.45, 2.75) is 34.7 Å². The van der Waals surface area contributed by atoms with Crippen molar-refractivity contribution in [2.75, 3.05) is 12.3 Å². The molecule has 1 aromatic heterocycles. The van der Waals surface area contributed by atoms with E-state index in [1.165, 1.54) is 6.07 Å². The van der Waals surface area contributed by atoms with Crippen molar-refractivity contribution in [1.29, 1.82) is 0 Å². The van der Waals surface area contributed by atoms with E-state index in [1.807, 2.05) is 0 Å². The normalized spacial score (nSPS) is 20.9. The van der Waals surface area contributed by atoms with Crippen LogP contribution in [0.25, 0.3) is 0 Å². The largest absolute Gasteiger partial charge is 0.310 e. The highest BCUT2D eigenvalue weighted by atomic mass is 35.5. The Kier molecular flexibility index (Phi) is 5.85.